The molecule has 15 heavy (non-hydrogen) atoms. The van der Waals surface area contributed by atoms with Gasteiger partial charge in [0.05, 0.1) is 0 Å². The van der Waals surface area contributed by atoms with Gasteiger partial charge in [-0.2, -0.15) is 0 Å². The lowest BCUT2D eigenvalue weighted by Crippen LogP contribution is -2.24. The standard InChI is InChI=1S/C10H13N3O2/c1-3-7-13(4-2)9-6-5-8(10(14)15)11-12-9/h3,5-6H,1,4,7H2,2H3,(H,14,15). The molecule has 1 aromatic rings. The number of anilines is 1. The van der Waals surface area contributed by atoms with Gasteiger partial charge in [0.1, 0.15) is 0 Å². The summed E-state index contributed by atoms with van der Waals surface area (Å²) in [6, 6.07) is 3.08. The second-order valence-electron chi connectivity index (χ2n) is 2.91. The summed E-state index contributed by atoms with van der Waals surface area (Å²) < 4.78 is 0. The molecular weight excluding hydrogens is 194 g/mol. The van der Waals surface area contributed by atoms with Crippen LogP contribution in [0.15, 0.2) is 24.8 Å². The molecule has 5 heteroatoms. The molecule has 1 rings (SSSR count). The zero-order valence-electron chi connectivity index (χ0n) is 8.55. The number of hydrogen-bond acceptors (Lipinski definition) is 4. The van der Waals surface area contributed by atoms with E-state index < -0.39 is 5.97 Å². The average molecular weight is 207 g/mol. The molecule has 0 aliphatic carbocycles. The first-order valence-corrected chi connectivity index (χ1v) is 4.62. The Bertz CT molecular complexity index is 348. The zero-order chi connectivity index (χ0) is 11.3. The first-order valence-electron chi connectivity index (χ1n) is 4.62. The molecule has 0 aromatic carbocycles. The van der Waals surface area contributed by atoms with E-state index in [2.05, 4.69) is 16.8 Å². The molecule has 0 spiro atoms. The minimum atomic E-state index is -1.07. The Morgan fingerprint density at radius 1 is 1.60 bits per heavy atom. The Morgan fingerprint density at radius 2 is 2.33 bits per heavy atom. The van der Waals surface area contributed by atoms with Crippen molar-refractivity contribution in [2.75, 3.05) is 18.0 Å². The summed E-state index contributed by atoms with van der Waals surface area (Å²) in [4.78, 5) is 12.5. The Morgan fingerprint density at radius 3 is 2.73 bits per heavy atom. The Kier molecular flexibility index (Phi) is 3.79. The van der Waals surface area contributed by atoms with Crippen LogP contribution < -0.4 is 4.90 Å². The van der Waals surface area contributed by atoms with Crippen molar-refractivity contribution in [3.8, 4) is 0 Å². The minimum Gasteiger partial charge on any atom is -0.476 e. The summed E-state index contributed by atoms with van der Waals surface area (Å²) in [5, 5.41) is 16.1. The van der Waals surface area contributed by atoms with Crippen LogP contribution in [0.25, 0.3) is 0 Å². The average Bonchev–Trinajstić information content (AvgIpc) is 2.26. The fourth-order valence-electron chi connectivity index (χ4n) is 1.15. The third-order valence-corrected chi connectivity index (χ3v) is 1.92. The molecule has 0 atom stereocenters. The lowest BCUT2D eigenvalue weighted by Gasteiger charge is -2.18. The summed E-state index contributed by atoms with van der Waals surface area (Å²) in [7, 11) is 0. The first-order chi connectivity index (χ1) is 7.19. The number of likely N-dealkylation sites (N-methyl/N-ethyl adjacent to an activating group) is 1. The highest BCUT2D eigenvalue weighted by Crippen LogP contribution is 2.08. The van der Waals surface area contributed by atoms with Crippen LogP contribution in [0.1, 0.15) is 17.4 Å². The van der Waals surface area contributed by atoms with Gasteiger partial charge >= 0.3 is 5.97 Å². The van der Waals surface area contributed by atoms with E-state index in [-0.39, 0.29) is 5.69 Å². The highest BCUT2D eigenvalue weighted by molar-refractivity contribution is 5.85. The van der Waals surface area contributed by atoms with Gasteiger partial charge in [0.2, 0.25) is 0 Å². The van der Waals surface area contributed by atoms with Crippen molar-refractivity contribution < 1.29 is 9.90 Å². The number of carboxylic acid groups (broad SMARTS) is 1. The molecule has 0 amide bonds. The minimum absolute atomic E-state index is 0.0478. The van der Waals surface area contributed by atoms with Gasteiger partial charge in [-0.3, -0.25) is 0 Å². The molecule has 0 fully saturated rings. The van der Waals surface area contributed by atoms with Crippen molar-refractivity contribution in [2.24, 2.45) is 0 Å². The number of carboxylic acids is 1. The molecule has 1 heterocycles. The smallest absolute Gasteiger partial charge is 0.356 e. The molecular formula is C10H13N3O2. The number of hydrogen-bond donors (Lipinski definition) is 1. The lowest BCUT2D eigenvalue weighted by molar-refractivity contribution is 0.0689. The van der Waals surface area contributed by atoms with Crippen molar-refractivity contribution in [3.05, 3.63) is 30.5 Å². The summed E-state index contributed by atoms with van der Waals surface area (Å²) in [5.41, 5.74) is -0.0478. The Labute approximate surface area is 88.1 Å². The topological polar surface area (TPSA) is 66.3 Å². The van der Waals surface area contributed by atoms with Crippen LogP contribution in [0.2, 0.25) is 0 Å². The van der Waals surface area contributed by atoms with Crippen molar-refractivity contribution in [3.63, 3.8) is 0 Å². The molecule has 1 aromatic heterocycles. The molecule has 0 radical (unpaired) electrons. The fraction of sp³-hybridized carbons (Fsp3) is 0.300. The monoisotopic (exact) mass is 207 g/mol. The molecule has 0 unspecified atom stereocenters. The van der Waals surface area contributed by atoms with Crippen molar-refractivity contribution in [1.29, 1.82) is 0 Å². The number of aromatic carboxylic acids is 1. The van der Waals surface area contributed by atoms with Crippen LogP contribution >= 0.6 is 0 Å². The van der Waals surface area contributed by atoms with Crippen molar-refractivity contribution >= 4 is 11.8 Å². The quantitative estimate of drug-likeness (QED) is 0.734. The van der Waals surface area contributed by atoms with Gasteiger partial charge in [0.25, 0.3) is 0 Å². The van der Waals surface area contributed by atoms with Gasteiger partial charge in [-0.1, -0.05) is 6.08 Å². The Balaban J connectivity index is 2.86. The zero-order valence-corrected chi connectivity index (χ0v) is 8.55. The number of nitrogens with zero attached hydrogens (tertiary/aromatic N) is 3. The second kappa shape index (κ2) is 5.09. The third kappa shape index (κ3) is 2.77. The maximum absolute atomic E-state index is 10.5. The van der Waals surface area contributed by atoms with E-state index >= 15 is 0 Å². The van der Waals surface area contributed by atoms with E-state index in [0.29, 0.717) is 12.4 Å². The highest BCUT2D eigenvalue weighted by atomic mass is 16.4. The normalized spacial score (nSPS) is 9.67. The van der Waals surface area contributed by atoms with E-state index in [1.807, 2.05) is 11.8 Å². The van der Waals surface area contributed by atoms with Crippen molar-refractivity contribution in [2.45, 2.75) is 6.92 Å². The largest absolute Gasteiger partial charge is 0.476 e. The highest BCUT2D eigenvalue weighted by Gasteiger charge is 2.08. The van der Waals surface area contributed by atoms with Gasteiger partial charge < -0.3 is 10.0 Å². The lowest BCUT2D eigenvalue weighted by atomic mass is 10.3. The maximum Gasteiger partial charge on any atom is 0.356 e. The van der Waals surface area contributed by atoms with Crippen LogP contribution in [0.4, 0.5) is 5.82 Å². The SMILES string of the molecule is C=CCN(CC)c1ccc(C(=O)O)nn1. The fourth-order valence-corrected chi connectivity index (χ4v) is 1.15. The van der Waals surface area contributed by atoms with Crippen LogP contribution in [0.5, 0.6) is 0 Å². The summed E-state index contributed by atoms with van der Waals surface area (Å²) in [5.74, 6) is -0.414. The van der Waals surface area contributed by atoms with Crippen molar-refractivity contribution in [1.82, 2.24) is 10.2 Å². The van der Waals surface area contributed by atoms with E-state index in [9.17, 15) is 4.79 Å². The first kappa shape index (κ1) is 11.2. The molecule has 1 N–H and O–H groups in total. The van der Waals surface area contributed by atoms with E-state index in [1.54, 1.807) is 12.1 Å². The molecule has 0 saturated carbocycles. The molecule has 0 aliphatic rings. The second-order valence-corrected chi connectivity index (χ2v) is 2.91. The van der Waals surface area contributed by atoms with E-state index in [4.69, 9.17) is 5.11 Å². The van der Waals surface area contributed by atoms with Gasteiger partial charge in [0, 0.05) is 13.1 Å². The summed E-state index contributed by atoms with van der Waals surface area (Å²) >= 11 is 0. The number of carbonyl (C=O) groups is 1. The predicted molar refractivity (Wildman–Crippen MR) is 57.1 cm³/mol. The molecule has 0 saturated heterocycles. The van der Waals surface area contributed by atoms with Crippen LogP contribution in [-0.2, 0) is 0 Å². The van der Waals surface area contributed by atoms with Gasteiger partial charge in [-0.05, 0) is 19.1 Å². The van der Waals surface area contributed by atoms with Crippen LogP contribution in [0, 0.1) is 0 Å². The van der Waals surface area contributed by atoms with Gasteiger partial charge in [-0.15, -0.1) is 16.8 Å². The summed E-state index contributed by atoms with van der Waals surface area (Å²) in [6.07, 6.45) is 1.76. The van der Waals surface area contributed by atoms with Gasteiger partial charge in [-0.25, -0.2) is 4.79 Å². The van der Waals surface area contributed by atoms with Gasteiger partial charge in [0.15, 0.2) is 11.5 Å². The maximum atomic E-state index is 10.5. The number of aromatic nitrogens is 2. The van der Waals surface area contributed by atoms with E-state index in [1.165, 1.54) is 6.07 Å². The molecule has 0 bridgehead atoms. The third-order valence-electron chi connectivity index (χ3n) is 1.92. The molecule has 5 nitrogen and oxygen atoms in total. The summed E-state index contributed by atoms with van der Waals surface area (Å²) in [6.45, 7) is 7.05. The number of rotatable bonds is 5. The molecule has 0 aliphatic heterocycles. The van der Waals surface area contributed by atoms with Crippen LogP contribution in [0.3, 0.4) is 0 Å². The Hall–Kier alpha value is -1.91. The predicted octanol–water partition coefficient (Wildman–Crippen LogP) is 1.19. The molecule has 80 valence electrons. The van der Waals surface area contributed by atoms with Crippen LogP contribution in [-0.4, -0.2) is 34.4 Å². The van der Waals surface area contributed by atoms with E-state index in [0.717, 1.165) is 6.54 Å².